The predicted octanol–water partition coefficient (Wildman–Crippen LogP) is 5.20. The number of hydrogen-bond donors (Lipinski definition) is 1. The summed E-state index contributed by atoms with van der Waals surface area (Å²) in [5.41, 5.74) is 3.44. The van der Waals surface area contributed by atoms with Crippen LogP contribution < -0.4 is 15.6 Å². The zero-order valence-electron chi connectivity index (χ0n) is 18.8. The van der Waals surface area contributed by atoms with E-state index in [9.17, 15) is 9.59 Å². The van der Waals surface area contributed by atoms with Crippen molar-refractivity contribution in [3.8, 4) is 5.69 Å². The fraction of sp³-hybridized carbons (Fsp3) is 0.222. The summed E-state index contributed by atoms with van der Waals surface area (Å²) in [6.07, 6.45) is 2.89. The SMILES string of the molecule is Cc1cc(N(C)C(=O)C2CCC2)c2c(=O)cc(Nc3ccccc3)n(-c3ccccc3)c2n1. The van der Waals surface area contributed by atoms with Gasteiger partial charge in [0, 0.05) is 36.1 Å². The number of amides is 1. The van der Waals surface area contributed by atoms with Crippen molar-refractivity contribution in [2.75, 3.05) is 17.3 Å². The Labute approximate surface area is 192 Å². The number of carbonyl (C=O) groups excluding carboxylic acids is 1. The second-order valence-electron chi connectivity index (χ2n) is 8.56. The molecule has 1 saturated carbocycles. The topological polar surface area (TPSA) is 67.2 Å². The van der Waals surface area contributed by atoms with Crippen LogP contribution in [0.2, 0.25) is 0 Å². The molecule has 1 fully saturated rings. The van der Waals surface area contributed by atoms with Gasteiger partial charge in [-0.1, -0.05) is 42.8 Å². The van der Waals surface area contributed by atoms with Crippen LogP contribution in [-0.2, 0) is 4.79 Å². The van der Waals surface area contributed by atoms with Gasteiger partial charge in [-0.3, -0.25) is 14.2 Å². The molecule has 6 nitrogen and oxygen atoms in total. The van der Waals surface area contributed by atoms with Crippen molar-refractivity contribution in [1.29, 1.82) is 0 Å². The van der Waals surface area contributed by atoms with Gasteiger partial charge in [-0.25, -0.2) is 4.98 Å². The summed E-state index contributed by atoms with van der Waals surface area (Å²) in [5, 5.41) is 3.82. The third kappa shape index (κ3) is 3.89. The summed E-state index contributed by atoms with van der Waals surface area (Å²) < 4.78 is 1.95. The lowest BCUT2D eigenvalue weighted by Gasteiger charge is -2.30. The van der Waals surface area contributed by atoms with Crippen molar-refractivity contribution < 1.29 is 4.79 Å². The van der Waals surface area contributed by atoms with Crippen molar-refractivity contribution in [2.45, 2.75) is 26.2 Å². The summed E-state index contributed by atoms with van der Waals surface area (Å²) >= 11 is 0. The molecule has 0 radical (unpaired) electrons. The van der Waals surface area contributed by atoms with E-state index in [1.165, 1.54) is 0 Å². The molecule has 1 aliphatic carbocycles. The first-order valence-corrected chi connectivity index (χ1v) is 11.3. The van der Waals surface area contributed by atoms with Crippen LogP contribution in [0, 0.1) is 12.8 Å². The monoisotopic (exact) mass is 438 g/mol. The van der Waals surface area contributed by atoms with Crippen molar-refractivity contribution >= 4 is 34.1 Å². The Morgan fingerprint density at radius 1 is 1.03 bits per heavy atom. The first kappa shape index (κ1) is 20.9. The Morgan fingerprint density at radius 3 is 2.33 bits per heavy atom. The third-order valence-electron chi connectivity index (χ3n) is 6.28. The minimum atomic E-state index is -0.175. The molecule has 1 aliphatic rings. The van der Waals surface area contributed by atoms with Crippen molar-refractivity contribution in [2.24, 2.45) is 5.92 Å². The van der Waals surface area contributed by atoms with Crippen LogP contribution in [0.5, 0.6) is 0 Å². The highest BCUT2D eigenvalue weighted by atomic mass is 16.2. The number of benzene rings is 2. The molecule has 33 heavy (non-hydrogen) atoms. The molecule has 0 bridgehead atoms. The number of para-hydroxylation sites is 2. The Morgan fingerprint density at radius 2 is 1.70 bits per heavy atom. The smallest absolute Gasteiger partial charge is 0.229 e. The van der Waals surface area contributed by atoms with Crippen LogP contribution in [0.25, 0.3) is 16.7 Å². The van der Waals surface area contributed by atoms with Crippen LogP contribution in [-0.4, -0.2) is 22.5 Å². The van der Waals surface area contributed by atoms with Gasteiger partial charge in [-0.05, 0) is 50.1 Å². The summed E-state index contributed by atoms with van der Waals surface area (Å²) in [6, 6.07) is 23.0. The molecule has 0 spiro atoms. The van der Waals surface area contributed by atoms with E-state index < -0.39 is 0 Å². The number of pyridine rings is 2. The fourth-order valence-corrected chi connectivity index (χ4v) is 4.33. The van der Waals surface area contributed by atoms with Gasteiger partial charge < -0.3 is 10.2 Å². The predicted molar refractivity (Wildman–Crippen MR) is 133 cm³/mol. The van der Waals surface area contributed by atoms with E-state index in [4.69, 9.17) is 4.98 Å². The number of fused-ring (bicyclic) bond motifs is 1. The van der Waals surface area contributed by atoms with Gasteiger partial charge >= 0.3 is 0 Å². The molecule has 2 aromatic carbocycles. The number of rotatable bonds is 5. The molecule has 4 aromatic rings. The highest BCUT2D eigenvalue weighted by molar-refractivity contribution is 6.03. The van der Waals surface area contributed by atoms with E-state index >= 15 is 0 Å². The highest BCUT2D eigenvalue weighted by Crippen LogP contribution is 2.33. The van der Waals surface area contributed by atoms with Crippen LogP contribution >= 0.6 is 0 Å². The molecule has 0 saturated heterocycles. The molecule has 5 rings (SSSR count). The van der Waals surface area contributed by atoms with Gasteiger partial charge in [-0.15, -0.1) is 0 Å². The molecule has 166 valence electrons. The van der Waals surface area contributed by atoms with E-state index in [2.05, 4.69) is 5.32 Å². The second-order valence-corrected chi connectivity index (χ2v) is 8.56. The zero-order valence-corrected chi connectivity index (χ0v) is 18.8. The normalized spacial score (nSPS) is 13.5. The Kier molecular flexibility index (Phi) is 5.42. The lowest BCUT2D eigenvalue weighted by Crippen LogP contribution is -2.37. The molecule has 0 atom stereocenters. The molecular formula is C27H26N4O2. The second kappa shape index (κ2) is 8.54. The highest BCUT2D eigenvalue weighted by Gasteiger charge is 2.30. The molecule has 0 unspecified atom stereocenters. The van der Waals surface area contributed by atoms with Gasteiger partial charge in [0.15, 0.2) is 11.1 Å². The molecule has 2 heterocycles. The lowest BCUT2D eigenvalue weighted by atomic mass is 9.84. The largest absolute Gasteiger partial charge is 0.341 e. The Bertz CT molecular complexity index is 1380. The Balaban J connectivity index is 1.76. The van der Waals surface area contributed by atoms with E-state index in [0.29, 0.717) is 22.5 Å². The van der Waals surface area contributed by atoms with E-state index in [1.807, 2.05) is 78.2 Å². The van der Waals surface area contributed by atoms with Gasteiger partial charge in [-0.2, -0.15) is 0 Å². The number of aromatic nitrogens is 2. The number of carbonyl (C=O) groups is 1. The van der Waals surface area contributed by atoms with Crippen molar-refractivity contribution in [3.63, 3.8) is 0 Å². The van der Waals surface area contributed by atoms with Gasteiger partial charge in [0.2, 0.25) is 5.91 Å². The molecule has 0 aliphatic heterocycles. The van der Waals surface area contributed by atoms with E-state index in [0.717, 1.165) is 36.3 Å². The number of nitrogens with zero attached hydrogens (tertiary/aromatic N) is 3. The summed E-state index contributed by atoms with van der Waals surface area (Å²) in [6.45, 7) is 1.89. The maximum atomic E-state index is 13.5. The average Bonchev–Trinajstić information content (AvgIpc) is 2.78. The standard InChI is InChI=1S/C27H26N4O2/c1-18-16-22(30(2)27(33)19-10-9-11-19)25-23(32)17-24(29-20-12-5-3-6-13-20)31(26(25)28-18)21-14-7-4-8-15-21/h3-8,12-17,19,29H,9-11H2,1-2H3. The van der Waals surface area contributed by atoms with Crippen molar-refractivity contribution in [1.82, 2.24) is 9.55 Å². The first-order valence-electron chi connectivity index (χ1n) is 11.3. The van der Waals surface area contributed by atoms with E-state index in [-0.39, 0.29) is 17.3 Å². The fourth-order valence-electron chi connectivity index (χ4n) is 4.33. The van der Waals surface area contributed by atoms with E-state index in [1.54, 1.807) is 18.0 Å². The number of nitrogens with one attached hydrogen (secondary N) is 1. The average molecular weight is 439 g/mol. The minimum absolute atomic E-state index is 0.0360. The minimum Gasteiger partial charge on any atom is -0.341 e. The van der Waals surface area contributed by atoms with Gasteiger partial charge in [0.05, 0.1) is 11.1 Å². The number of aryl methyl sites for hydroxylation is 1. The Hall–Kier alpha value is -3.93. The third-order valence-corrected chi connectivity index (χ3v) is 6.28. The molecule has 1 N–H and O–H groups in total. The molecule has 1 amide bonds. The molecule has 6 heteroatoms. The summed E-state index contributed by atoms with van der Waals surface area (Å²) in [5.74, 6) is 0.709. The van der Waals surface area contributed by atoms with Crippen LogP contribution in [0.15, 0.2) is 77.6 Å². The van der Waals surface area contributed by atoms with Crippen molar-refractivity contribution in [3.05, 3.63) is 88.7 Å². The van der Waals surface area contributed by atoms with Crippen LogP contribution in [0.3, 0.4) is 0 Å². The number of anilines is 3. The molecule has 2 aromatic heterocycles. The summed E-state index contributed by atoms with van der Waals surface area (Å²) in [4.78, 5) is 32.9. The van der Waals surface area contributed by atoms with Gasteiger partial charge in [0.25, 0.3) is 0 Å². The maximum absolute atomic E-state index is 13.5. The first-order chi connectivity index (χ1) is 16.0. The maximum Gasteiger partial charge on any atom is 0.229 e. The summed E-state index contributed by atoms with van der Waals surface area (Å²) in [7, 11) is 1.76. The molecular weight excluding hydrogens is 412 g/mol. The van der Waals surface area contributed by atoms with Crippen LogP contribution in [0.4, 0.5) is 17.2 Å². The van der Waals surface area contributed by atoms with Gasteiger partial charge in [0.1, 0.15) is 5.82 Å². The number of hydrogen-bond acceptors (Lipinski definition) is 4. The lowest BCUT2D eigenvalue weighted by molar-refractivity contribution is -0.124. The van der Waals surface area contributed by atoms with Crippen LogP contribution in [0.1, 0.15) is 25.0 Å². The zero-order chi connectivity index (χ0) is 22.9. The quantitative estimate of drug-likeness (QED) is 0.465.